The Bertz CT molecular complexity index is 532. The zero-order valence-electron chi connectivity index (χ0n) is 12.5. The molecule has 1 aromatic carbocycles. The summed E-state index contributed by atoms with van der Waals surface area (Å²) in [7, 11) is 1.51. The van der Waals surface area contributed by atoms with Crippen LogP contribution in [0.2, 0.25) is 0 Å². The second-order valence-electron chi connectivity index (χ2n) is 6.14. The van der Waals surface area contributed by atoms with E-state index in [0.29, 0.717) is 23.9 Å². The lowest BCUT2D eigenvalue weighted by Crippen LogP contribution is -2.45. The zero-order valence-corrected chi connectivity index (χ0v) is 12.5. The Labute approximate surface area is 125 Å². The highest BCUT2D eigenvalue weighted by molar-refractivity contribution is 6.00. The number of hydrogen-bond acceptors (Lipinski definition) is 3. The van der Waals surface area contributed by atoms with E-state index in [1.54, 1.807) is 0 Å². The molecule has 2 fully saturated rings. The Hall–Kier alpha value is -1.42. The van der Waals surface area contributed by atoms with Crippen LogP contribution in [0, 0.1) is 11.7 Å². The van der Waals surface area contributed by atoms with E-state index in [9.17, 15) is 9.18 Å². The van der Waals surface area contributed by atoms with Gasteiger partial charge in [-0.3, -0.25) is 9.69 Å². The van der Waals surface area contributed by atoms with E-state index in [4.69, 9.17) is 4.74 Å². The molecule has 3 rings (SSSR count). The molecule has 114 valence electrons. The van der Waals surface area contributed by atoms with Crippen LogP contribution in [-0.2, 0) is 0 Å². The number of carbonyl (C=O) groups excluding carboxylic acids is 1. The number of halogens is 1. The number of piperidine rings is 1. The van der Waals surface area contributed by atoms with Crippen molar-refractivity contribution in [1.82, 2.24) is 4.90 Å². The van der Waals surface area contributed by atoms with Crippen molar-refractivity contribution >= 4 is 5.78 Å². The predicted octanol–water partition coefficient (Wildman–Crippen LogP) is 3.28. The van der Waals surface area contributed by atoms with Crippen molar-refractivity contribution in [1.29, 1.82) is 0 Å². The second kappa shape index (κ2) is 6.14. The van der Waals surface area contributed by atoms with Gasteiger partial charge >= 0.3 is 0 Å². The number of carbonyl (C=O) groups is 1. The highest BCUT2D eigenvalue weighted by atomic mass is 19.1. The summed E-state index contributed by atoms with van der Waals surface area (Å²) in [6.07, 6.45) is 6.20. The van der Waals surface area contributed by atoms with Gasteiger partial charge in [0.2, 0.25) is 0 Å². The van der Waals surface area contributed by atoms with Gasteiger partial charge in [-0.15, -0.1) is 0 Å². The number of hydrogen-bond donors (Lipinski definition) is 0. The third-order valence-corrected chi connectivity index (χ3v) is 4.92. The second-order valence-corrected chi connectivity index (χ2v) is 6.14. The van der Waals surface area contributed by atoms with Gasteiger partial charge in [-0.2, -0.15) is 0 Å². The fraction of sp³-hybridized carbons (Fsp3) is 0.588. The van der Waals surface area contributed by atoms with Gasteiger partial charge < -0.3 is 4.74 Å². The van der Waals surface area contributed by atoms with Crippen molar-refractivity contribution in [3.8, 4) is 5.75 Å². The van der Waals surface area contributed by atoms with Gasteiger partial charge in [-0.25, -0.2) is 4.39 Å². The molecule has 0 N–H and O–H groups in total. The van der Waals surface area contributed by atoms with Crippen LogP contribution in [0.15, 0.2) is 18.2 Å². The summed E-state index contributed by atoms with van der Waals surface area (Å²) < 4.78 is 18.6. The predicted molar refractivity (Wildman–Crippen MR) is 79.2 cm³/mol. The molecule has 0 spiro atoms. The number of likely N-dealkylation sites (tertiary alicyclic amines) is 1. The molecule has 0 amide bonds. The first-order chi connectivity index (χ1) is 10.2. The molecule has 4 heteroatoms. The molecule has 1 saturated carbocycles. The Kier molecular flexibility index (Phi) is 4.24. The molecule has 2 aliphatic rings. The number of ether oxygens (including phenoxy) is 1. The zero-order chi connectivity index (χ0) is 14.8. The van der Waals surface area contributed by atoms with Gasteiger partial charge in [-0.05, 0) is 56.3 Å². The summed E-state index contributed by atoms with van der Waals surface area (Å²) >= 11 is 0. The van der Waals surface area contributed by atoms with Crippen LogP contribution in [0.3, 0.4) is 0 Å². The smallest absolute Gasteiger partial charge is 0.180 e. The van der Waals surface area contributed by atoms with Crippen LogP contribution in [0.5, 0.6) is 5.75 Å². The molecular weight excluding hydrogens is 269 g/mol. The standard InChI is InChI=1S/C17H22FNO2/c1-21-17-8-7-13(18)10-14(17)16(20)11-19-9-3-5-12-4-2-6-15(12)19/h7-8,10,12,15H,2-6,9,11H2,1H3. The lowest BCUT2D eigenvalue weighted by Gasteiger charge is -2.37. The van der Waals surface area contributed by atoms with Crippen molar-refractivity contribution in [2.45, 2.75) is 38.1 Å². The van der Waals surface area contributed by atoms with Crippen LogP contribution in [0.1, 0.15) is 42.5 Å². The molecule has 3 nitrogen and oxygen atoms in total. The average Bonchev–Trinajstić information content (AvgIpc) is 2.96. The van der Waals surface area contributed by atoms with E-state index in [-0.39, 0.29) is 5.78 Å². The van der Waals surface area contributed by atoms with Gasteiger partial charge in [0, 0.05) is 6.04 Å². The van der Waals surface area contributed by atoms with Gasteiger partial charge in [0.05, 0.1) is 19.2 Å². The molecular formula is C17H22FNO2. The maximum absolute atomic E-state index is 13.4. The summed E-state index contributed by atoms with van der Waals surface area (Å²) in [4.78, 5) is 14.8. The summed E-state index contributed by atoms with van der Waals surface area (Å²) in [5, 5.41) is 0. The third kappa shape index (κ3) is 2.95. The summed E-state index contributed by atoms with van der Waals surface area (Å²) in [6.45, 7) is 1.35. The van der Waals surface area contributed by atoms with Crippen molar-refractivity contribution < 1.29 is 13.9 Å². The monoisotopic (exact) mass is 291 g/mol. The van der Waals surface area contributed by atoms with E-state index in [1.165, 1.54) is 51.0 Å². The number of rotatable bonds is 4. The maximum atomic E-state index is 13.4. The normalized spacial score (nSPS) is 25.6. The molecule has 21 heavy (non-hydrogen) atoms. The van der Waals surface area contributed by atoms with Gasteiger partial charge in [-0.1, -0.05) is 6.42 Å². The van der Waals surface area contributed by atoms with E-state index >= 15 is 0 Å². The molecule has 2 atom stereocenters. The van der Waals surface area contributed by atoms with E-state index in [1.807, 2.05) is 0 Å². The minimum Gasteiger partial charge on any atom is -0.496 e. The summed E-state index contributed by atoms with van der Waals surface area (Å²) in [5.41, 5.74) is 0.359. The number of fused-ring (bicyclic) bond motifs is 1. The highest BCUT2D eigenvalue weighted by Gasteiger charge is 2.35. The van der Waals surface area contributed by atoms with Crippen LogP contribution < -0.4 is 4.74 Å². The van der Waals surface area contributed by atoms with Crippen LogP contribution in [0.25, 0.3) is 0 Å². The topological polar surface area (TPSA) is 29.5 Å². The molecule has 0 radical (unpaired) electrons. The largest absolute Gasteiger partial charge is 0.496 e. The number of methoxy groups -OCH3 is 1. The van der Waals surface area contributed by atoms with Gasteiger partial charge in [0.1, 0.15) is 11.6 Å². The van der Waals surface area contributed by atoms with Crippen molar-refractivity contribution in [3.63, 3.8) is 0 Å². The first kappa shape index (κ1) is 14.5. The molecule has 1 aliphatic carbocycles. The van der Waals surface area contributed by atoms with E-state index in [0.717, 1.165) is 18.9 Å². The van der Waals surface area contributed by atoms with Crippen LogP contribution in [0.4, 0.5) is 4.39 Å². The minimum atomic E-state index is -0.392. The molecule has 1 saturated heterocycles. The highest BCUT2D eigenvalue weighted by Crippen LogP contribution is 2.36. The number of Topliss-reactive ketones (excluding diaryl/α,β-unsaturated/α-hetero) is 1. The maximum Gasteiger partial charge on any atom is 0.180 e. The Morgan fingerprint density at radius 1 is 1.33 bits per heavy atom. The quantitative estimate of drug-likeness (QED) is 0.797. The average molecular weight is 291 g/mol. The lowest BCUT2D eigenvalue weighted by molar-refractivity contribution is 0.0774. The molecule has 1 aromatic rings. The number of ketones is 1. The number of nitrogens with zero attached hydrogens (tertiary/aromatic N) is 1. The van der Waals surface area contributed by atoms with Crippen LogP contribution in [-0.4, -0.2) is 36.9 Å². The Morgan fingerprint density at radius 3 is 2.95 bits per heavy atom. The molecule has 2 unspecified atom stereocenters. The van der Waals surface area contributed by atoms with Crippen molar-refractivity contribution in [2.24, 2.45) is 5.92 Å². The van der Waals surface area contributed by atoms with Gasteiger partial charge in [0.25, 0.3) is 0 Å². The molecule has 0 aromatic heterocycles. The first-order valence-electron chi connectivity index (χ1n) is 7.80. The van der Waals surface area contributed by atoms with Crippen LogP contribution >= 0.6 is 0 Å². The fourth-order valence-electron chi connectivity index (χ4n) is 3.92. The van der Waals surface area contributed by atoms with E-state index < -0.39 is 5.82 Å². The summed E-state index contributed by atoms with van der Waals surface area (Å²) in [6, 6.07) is 4.68. The van der Waals surface area contributed by atoms with Crippen molar-refractivity contribution in [3.05, 3.63) is 29.6 Å². The van der Waals surface area contributed by atoms with Crippen molar-refractivity contribution in [2.75, 3.05) is 20.2 Å². The lowest BCUT2D eigenvalue weighted by atomic mass is 9.91. The SMILES string of the molecule is COc1ccc(F)cc1C(=O)CN1CCCC2CCCC21. The molecule has 1 aliphatic heterocycles. The Balaban J connectivity index is 1.75. The van der Waals surface area contributed by atoms with Gasteiger partial charge in [0.15, 0.2) is 5.78 Å². The fourth-order valence-corrected chi connectivity index (χ4v) is 3.92. The first-order valence-corrected chi connectivity index (χ1v) is 7.80. The summed E-state index contributed by atoms with van der Waals surface area (Å²) in [5.74, 6) is 0.776. The molecule has 0 bridgehead atoms. The number of benzene rings is 1. The minimum absolute atomic E-state index is 0.0427. The van der Waals surface area contributed by atoms with E-state index in [2.05, 4.69) is 4.90 Å². The molecule has 1 heterocycles. The third-order valence-electron chi connectivity index (χ3n) is 4.92. The Morgan fingerprint density at radius 2 is 2.14 bits per heavy atom.